The molecule has 0 aromatic heterocycles. The Bertz CT molecular complexity index is 1220. The van der Waals surface area contributed by atoms with Gasteiger partial charge in [0, 0.05) is 6.07 Å². The predicted octanol–water partition coefficient (Wildman–Crippen LogP) is 3.66. The Balaban J connectivity index is 1.57. The Morgan fingerprint density at radius 3 is 2.47 bits per heavy atom. The SMILES string of the molecule is COc1cc(/C=N\NC(=O)COc2ccccc2[N+](=O)[O-])ccc1OC(=O)c1ccc(C)cc1. The summed E-state index contributed by atoms with van der Waals surface area (Å²) in [6.07, 6.45) is 1.36. The number of nitro groups is 1. The Hall–Kier alpha value is -4.73. The zero-order chi connectivity index (χ0) is 24.5. The lowest BCUT2D eigenvalue weighted by molar-refractivity contribution is -0.385. The van der Waals surface area contributed by atoms with E-state index in [0.717, 1.165) is 5.56 Å². The molecule has 0 saturated carbocycles. The lowest BCUT2D eigenvalue weighted by atomic mass is 10.1. The van der Waals surface area contributed by atoms with Crippen molar-refractivity contribution in [2.45, 2.75) is 6.92 Å². The van der Waals surface area contributed by atoms with Crippen molar-refractivity contribution < 1.29 is 28.7 Å². The summed E-state index contributed by atoms with van der Waals surface area (Å²) in [7, 11) is 1.43. The molecule has 0 spiro atoms. The number of nitrogens with zero attached hydrogens (tertiary/aromatic N) is 2. The highest BCUT2D eigenvalue weighted by atomic mass is 16.6. The fourth-order valence-corrected chi connectivity index (χ4v) is 2.78. The molecule has 3 rings (SSSR count). The summed E-state index contributed by atoms with van der Waals surface area (Å²) in [6.45, 7) is 1.46. The number of carbonyl (C=O) groups excluding carboxylic acids is 2. The summed E-state index contributed by atoms with van der Waals surface area (Å²) in [4.78, 5) is 34.7. The molecule has 0 bridgehead atoms. The first-order valence-corrected chi connectivity index (χ1v) is 10.0. The van der Waals surface area contributed by atoms with Gasteiger partial charge in [0.2, 0.25) is 0 Å². The van der Waals surface area contributed by atoms with E-state index in [2.05, 4.69) is 10.5 Å². The molecule has 0 unspecified atom stereocenters. The molecule has 0 saturated heterocycles. The van der Waals surface area contributed by atoms with Crippen LogP contribution in [0.25, 0.3) is 0 Å². The van der Waals surface area contributed by atoms with Gasteiger partial charge < -0.3 is 14.2 Å². The number of aryl methyl sites for hydroxylation is 1. The number of hydrogen-bond acceptors (Lipinski definition) is 8. The molecule has 0 radical (unpaired) electrons. The molecule has 0 heterocycles. The van der Waals surface area contributed by atoms with Crippen molar-refractivity contribution in [3.8, 4) is 17.2 Å². The number of hydrazone groups is 1. The second-order valence-corrected chi connectivity index (χ2v) is 6.97. The number of para-hydroxylation sites is 2. The van der Waals surface area contributed by atoms with Gasteiger partial charge in [0.05, 0.1) is 23.8 Å². The highest BCUT2D eigenvalue weighted by molar-refractivity contribution is 5.91. The van der Waals surface area contributed by atoms with Crippen LogP contribution in [0.3, 0.4) is 0 Å². The minimum atomic E-state index is -0.606. The Morgan fingerprint density at radius 2 is 1.76 bits per heavy atom. The maximum absolute atomic E-state index is 12.3. The summed E-state index contributed by atoms with van der Waals surface area (Å²) < 4.78 is 15.9. The van der Waals surface area contributed by atoms with Gasteiger partial charge in [-0.15, -0.1) is 0 Å². The maximum Gasteiger partial charge on any atom is 0.343 e. The Kier molecular flexibility index (Phi) is 7.90. The number of esters is 1. The van der Waals surface area contributed by atoms with E-state index in [9.17, 15) is 19.7 Å². The van der Waals surface area contributed by atoms with E-state index in [4.69, 9.17) is 14.2 Å². The molecule has 0 aliphatic heterocycles. The Labute approximate surface area is 194 Å². The third kappa shape index (κ3) is 6.39. The van der Waals surface area contributed by atoms with Crippen molar-refractivity contribution in [3.05, 3.63) is 93.5 Å². The van der Waals surface area contributed by atoms with Crippen molar-refractivity contribution in [1.29, 1.82) is 0 Å². The molecule has 10 heteroatoms. The third-order valence-corrected chi connectivity index (χ3v) is 4.50. The van der Waals surface area contributed by atoms with Gasteiger partial charge >= 0.3 is 11.7 Å². The molecule has 34 heavy (non-hydrogen) atoms. The number of methoxy groups -OCH3 is 1. The van der Waals surface area contributed by atoms with Crippen LogP contribution in [0.2, 0.25) is 0 Å². The first-order chi connectivity index (χ1) is 16.4. The highest BCUT2D eigenvalue weighted by Gasteiger charge is 2.15. The Morgan fingerprint density at radius 1 is 1.03 bits per heavy atom. The number of rotatable bonds is 9. The van der Waals surface area contributed by atoms with Crippen LogP contribution < -0.4 is 19.6 Å². The maximum atomic E-state index is 12.3. The second-order valence-electron chi connectivity index (χ2n) is 6.97. The summed E-state index contributed by atoms with van der Waals surface area (Å²) in [5, 5.41) is 14.8. The molecule has 0 fully saturated rings. The van der Waals surface area contributed by atoms with Gasteiger partial charge in [0.1, 0.15) is 0 Å². The van der Waals surface area contributed by atoms with E-state index in [0.29, 0.717) is 16.9 Å². The average molecular weight is 463 g/mol. The van der Waals surface area contributed by atoms with Crippen LogP contribution in [0.5, 0.6) is 17.2 Å². The molecule has 3 aromatic rings. The predicted molar refractivity (Wildman–Crippen MR) is 123 cm³/mol. The zero-order valence-corrected chi connectivity index (χ0v) is 18.4. The van der Waals surface area contributed by atoms with E-state index in [1.165, 1.54) is 31.5 Å². The quantitative estimate of drug-likeness (QED) is 0.169. The molecular weight excluding hydrogens is 442 g/mol. The van der Waals surface area contributed by atoms with Gasteiger partial charge in [-0.3, -0.25) is 14.9 Å². The summed E-state index contributed by atoms with van der Waals surface area (Å²) in [5.74, 6) is -0.620. The molecule has 0 aliphatic rings. The van der Waals surface area contributed by atoms with Gasteiger partial charge in [-0.2, -0.15) is 5.10 Å². The van der Waals surface area contributed by atoms with E-state index in [1.807, 2.05) is 19.1 Å². The van der Waals surface area contributed by atoms with Crippen LogP contribution in [0.4, 0.5) is 5.69 Å². The third-order valence-electron chi connectivity index (χ3n) is 4.50. The van der Waals surface area contributed by atoms with Crippen molar-refractivity contribution >= 4 is 23.8 Å². The highest BCUT2D eigenvalue weighted by Crippen LogP contribution is 2.28. The fourth-order valence-electron chi connectivity index (χ4n) is 2.78. The number of nitrogens with one attached hydrogen (secondary N) is 1. The van der Waals surface area contributed by atoms with Gasteiger partial charge in [-0.25, -0.2) is 10.2 Å². The fraction of sp³-hybridized carbons (Fsp3) is 0.125. The smallest absolute Gasteiger partial charge is 0.343 e. The number of nitro benzene ring substituents is 1. The standard InChI is InChI=1S/C24H21N3O7/c1-16-7-10-18(11-8-16)24(29)34-21-12-9-17(13-22(21)32-2)14-25-26-23(28)15-33-20-6-4-3-5-19(20)27(30)31/h3-14H,15H2,1-2H3,(H,26,28)/b25-14-. The van der Waals surface area contributed by atoms with Crippen molar-refractivity contribution in [1.82, 2.24) is 5.43 Å². The second kappa shape index (κ2) is 11.2. The van der Waals surface area contributed by atoms with Crippen LogP contribution >= 0.6 is 0 Å². The van der Waals surface area contributed by atoms with Crippen molar-refractivity contribution in [2.24, 2.45) is 5.10 Å². The summed E-state index contributed by atoms with van der Waals surface area (Å²) in [5.41, 5.74) is 4.02. The first kappa shape index (κ1) is 23.9. The largest absolute Gasteiger partial charge is 0.493 e. The van der Waals surface area contributed by atoms with Gasteiger partial charge in [-0.1, -0.05) is 29.8 Å². The van der Waals surface area contributed by atoms with Crippen LogP contribution in [-0.2, 0) is 4.79 Å². The number of amides is 1. The number of hydrogen-bond donors (Lipinski definition) is 1. The van der Waals surface area contributed by atoms with E-state index < -0.39 is 23.4 Å². The normalized spacial score (nSPS) is 10.5. The molecular formula is C24H21N3O7. The van der Waals surface area contributed by atoms with Gasteiger partial charge in [0.25, 0.3) is 5.91 Å². The minimum absolute atomic E-state index is 0.0212. The molecule has 10 nitrogen and oxygen atoms in total. The van der Waals surface area contributed by atoms with Crippen molar-refractivity contribution in [3.63, 3.8) is 0 Å². The average Bonchev–Trinajstić information content (AvgIpc) is 2.84. The summed E-state index contributed by atoms with van der Waals surface area (Å²) >= 11 is 0. The van der Waals surface area contributed by atoms with Gasteiger partial charge in [-0.05, 0) is 48.9 Å². The van der Waals surface area contributed by atoms with Crippen LogP contribution in [0.1, 0.15) is 21.5 Å². The molecule has 174 valence electrons. The lowest BCUT2D eigenvalue weighted by Gasteiger charge is -2.10. The first-order valence-electron chi connectivity index (χ1n) is 10.0. The lowest BCUT2D eigenvalue weighted by Crippen LogP contribution is -2.24. The molecule has 0 aliphatic carbocycles. The minimum Gasteiger partial charge on any atom is -0.493 e. The van der Waals surface area contributed by atoms with E-state index >= 15 is 0 Å². The molecule has 3 aromatic carbocycles. The van der Waals surface area contributed by atoms with E-state index in [-0.39, 0.29) is 17.2 Å². The van der Waals surface area contributed by atoms with Crippen LogP contribution in [-0.4, -0.2) is 36.7 Å². The topological polar surface area (TPSA) is 129 Å². The number of benzene rings is 3. The van der Waals surface area contributed by atoms with Crippen LogP contribution in [0.15, 0.2) is 71.8 Å². The number of carbonyl (C=O) groups is 2. The molecule has 1 amide bonds. The molecule has 0 atom stereocenters. The van der Waals surface area contributed by atoms with Crippen LogP contribution in [0, 0.1) is 17.0 Å². The van der Waals surface area contributed by atoms with Crippen molar-refractivity contribution in [2.75, 3.05) is 13.7 Å². The monoisotopic (exact) mass is 463 g/mol. The summed E-state index contributed by atoms with van der Waals surface area (Å²) in [6, 6.07) is 17.5. The number of ether oxygens (including phenoxy) is 3. The zero-order valence-electron chi connectivity index (χ0n) is 18.4. The molecule has 1 N–H and O–H groups in total. The van der Waals surface area contributed by atoms with E-state index in [1.54, 1.807) is 36.4 Å². The van der Waals surface area contributed by atoms with Gasteiger partial charge in [0.15, 0.2) is 23.9 Å².